The molecule has 0 amide bonds. The molecule has 0 spiro atoms. The highest BCUT2D eigenvalue weighted by Crippen LogP contribution is 2.24. The predicted molar refractivity (Wildman–Crippen MR) is 63.4 cm³/mol. The topological polar surface area (TPSA) is 50.8 Å². The fourth-order valence-corrected chi connectivity index (χ4v) is 1.68. The summed E-state index contributed by atoms with van der Waals surface area (Å²) in [6, 6.07) is 6.00. The monoisotopic (exact) mass is 245 g/mol. The van der Waals surface area contributed by atoms with E-state index < -0.39 is 5.82 Å². The largest absolute Gasteiger partial charge is 0.480 e. The molecule has 1 atom stereocenters. The molecule has 0 fully saturated rings. The van der Waals surface area contributed by atoms with Crippen LogP contribution in [0.25, 0.3) is 0 Å². The van der Waals surface area contributed by atoms with Crippen molar-refractivity contribution in [3.05, 3.63) is 47.8 Å². The third-order valence-electron chi connectivity index (χ3n) is 2.59. The second-order valence-corrected chi connectivity index (χ2v) is 3.91. The zero-order chi connectivity index (χ0) is 13.1. The maximum absolute atomic E-state index is 13.6. The van der Waals surface area contributed by atoms with Gasteiger partial charge >= 0.3 is 0 Å². The summed E-state index contributed by atoms with van der Waals surface area (Å²) >= 11 is 0. The summed E-state index contributed by atoms with van der Waals surface area (Å²) in [5, 5.41) is 8.65. The third kappa shape index (κ3) is 2.33. The lowest BCUT2D eigenvalue weighted by molar-refractivity contribution is 0.203. The lowest BCUT2D eigenvalue weighted by Crippen LogP contribution is -2.10. The van der Waals surface area contributed by atoms with Crippen LogP contribution >= 0.6 is 0 Å². The maximum Gasteiger partial charge on any atom is 0.166 e. The second kappa shape index (κ2) is 4.88. The summed E-state index contributed by atoms with van der Waals surface area (Å²) in [5.41, 5.74) is 0.268. The Hall–Kier alpha value is -2.35. The molecule has 0 aliphatic carbocycles. The Balaban J connectivity index is 2.20. The molecular formula is C13H12FN3O. The van der Waals surface area contributed by atoms with Gasteiger partial charge in [-0.2, -0.15) is 5.26 Å². The van der Waals surface area contributed by atoms with E-state index in [2.05, 4.69) is 4.98 Å². The van der Waals surface area contributed by atoms with E-state index in [4.69, 9.17) is 10.00 Å². The highest BCUT2D eigenvalue weighted by Gasteiger charge is 2.14. The number of ether oxygens (including phenoxy) is 1. The van der Waals surface area contributed by atoms with Crippen LogP contribution in [0.3, 0.4) is 0 Å². The zero-order valence-corrected chi connectivity index (χ0v) is 10.1. The van der Waals surface area contributed by atoms with Gasteiger partial charge < -0.3 is 9.30 Å². The number of benzene rings is 1. The molecule has 5 heteroatoms. The van der Waals surface area contributed by atoms with Crippen LogP contribution in [0.4, 0.5) is 4.39 Å². The van der Waals surface area contributed by atoms with Crippen LogP contribution in [0.1, 0.15) is 24.4 Å². The van der Waals surface area contributed by atoms with Crippen molar-refractivity contribution in [3.63, 3.8) is 0 Å². The van der Waals surface area contributed by atoms with Gasteiger partial charge in [0.2, 0.25) is 0 Å². The van der Waals surface area contributed by atoms with Gasteiger partial charge in [-0.25, -0.2) is 9.37 Å². The molecule has 0 radical (unpaired) electrons. The molecule has 0 saturated heterocycles. The Morgan fingerprint density at radius 3 is 2.83 bits per heavy atom. The first-order chi connectivity index (χ1) is 8.61. The standard InChI is InChI=1S/C13H12FN3O/c1-9(13-16-5-6-17(13)2)18-12-4-3-10(8-15)7-11(12)14/h3-7,9H,1-2H3. The van der Waals surface area contributed by atoms with Gasteiger partial charge in [-0.05, 0) is 25.1 Å². The van der Waals surface area contributed by atoms with Gasteiger partial charge in [-0.3, -0.25) is 0 Å². The van der Waals surface area contributed by atoms with E-state index in [1.807, 2.05) is 17.7 Å². The molecule has 0 N–H and O–H groups in total. The highest BCUT2D eigenvalue weighted by molar-refractivity contribution is 5.36. The van der Waals surface area contributed by atoms with E-state index in [1.54, 1.807) is 19.3 Å². The molecule has 0 saturated carbocycles. The number of nitriles is 1. The average molecular weight is 245 g/mol. The van der Waals surface area contributed by atoms with Crippen LogP contribution in [0.2, 0.25) is 0 Å². The summed E-state index contributed by atoms with van der Waals surface area (Å²) in [5.74, 6) is 0.276. The SMILES string of the molecule is CC(Oc1ccc(C#N)cc1F)c1nccn1C. The zero-order valence-electron chi connectivity index (χ0n) is 10.1. The molecule has 92 valence electrons. The Bertz CT molecular complexity index is 601. The molecule has 0 aliphatic heterocycles. The van der Waals surface area contributed by atoms with E-state index in [1.165, 1.54) is 12.1 Å². The van der Waals surface area contributed by atoms with Crippen LogP contribution in [-0.4, -0.2) is 9.55 Å². The Morgan fingerprint density at radius 1 is 1.50 bits per heavy atom. The number of halogens is 1. The van der Waals surface area contributed by atoms with Crippen molar-refractivity contribution in [2.45, 2.75) is 13.0 Å². The number of hydrogen-bond acceptors (Lipinski definition) is 3. The van der Waals surface area contributed by atoms with Gasteiger partial charge in [0.25, 0.3) is 0 Å². The van der Waals surface area contributed by atoms with Gasteiger partial charge in [0.1, 0.15) is 5.82 Å². The van der Waals surface area contributed by atoms with E-state index in [-0.39, 0.29) is 17.4 Å². The van der Waals surface area contributed by atoms with Crippen molar-refractivity contribution in [1.29, 1.82) is 5.26 Å². The van der Waals surface area contributed by atoms with Crippen molar-refractivity contribution >= 4 is 0 Å². The first-order valence-electron chi connectivity index (χ1n) is 5.45. The molecule has 0 aliphatic rings. The van der Waals surface area contributed by atoms with E-state index >= 15 is 0 Å². The number of hydrogen-bond donors (Lipinski definition) is 0. The molecule has 4 nitrogen and oxygen atoms in total. The van der Waals surface area contributed by atoms with E-state index in [9.17, 15) is 4.39 Å². The molecule has 2 rings (SSSR count). The summed E-state index contributed by atoms with van der Waals surface area (Å²) in [7, 11) is 1.84. The first-order valence-corrected chi connectivity index (χ1v) is 5.45. The molecule has 0 bridgehead atoms. The average Bonchev–Trinajstić information content (AvgIpc) is 2.78. The minimum Gasteiger partial charge on any atom is -0.480 e. The quantitative estimate of drug-likeness (QED) is 0.835. The Labute approximate surface area is 104 Å². The third-order valence-corrected chi connectivity index (χ3v) is 2.59. The van der Waals surface area contributed by atoms with Crippen molar-refractivity contribution in [2.24, 2.45) is 7.05 Å². The number of imidazole rings is 1. The van der Waals surface area contributed by atoms with Crippen LogP contribution < -0.4 is 4.74 Å². The normalized spacial score (nSPS) is 11.9. The summed E-state index contributed by atoms with van der Waals surface area (Å²) in [6.07, 6.45) is 3.08. The number of rotatable bonds is 3. The van der Waals surface area contributed by atoms with Crippen LogP contribution in [0.15, 0.2) is 30.6 Å². The van der Waals surface area contributed by atoms with Gasteiger partial charge in [0.15, 0.2) is 17.7 Å². The minimum absolute atomic E-state index is 0.115. The minimum atomic E-state index is -0.546. The fraction of sp³-hybridized carbons (Fsp3) is 0.231. The van der Waals surface area contributed by atoms with Crippen LogP contribution in [0, 0.1) is 17.1 Å². The van der Waals surface area contributed by atoms with Crippen molar-refractivity contribution in [2.75, 3.05) is 0 Å². The van der Waals surface area contributed by atoms with E-state index in [0.29, 0.717) is 5.82 Å². The summed E-state index contributed by atoms with van der Waals surface area (Å²) < 4.78 is 21.0. The Morgan fingerprint density at radius 2 is 2.28 bits per heavy atom. The number of aryl methyl sites for hydroxylation is 1. The van der Waals surface area contributed by atoms with Crippen molar-refractivity contribution < 1.29 is 9.13 Å². The molecular weight excluding hydrogens is 233 g/mol. The lowest BCUT2D eigenvalue weighted by Gasteiger charge is -2.15. The lowest BCUT2D eigenvalue weighted by atomic mass is 10.2. The smallest absolute Gasteiger partial charge is 0.166 e. The summed E-state index contributed by atoms with van der Waals surface area (Å²) in [6.45, 7) is 1.79. The first kappa shape index (κ1) is 12.1. The summed E-state index contributed by atoms with van der Waals surface area (Å²) in [4.78, 5) is 4.14. The fourth-order valence-electron chi connectivity index (χ4n) is 1.68. The molecule has 18 heavy (non-hydrogen) atoms. The number of nitrogens with zero attached hydrogens (tertiary/aromatic N) is 3. The molecule has 2 aromatic rings. The molecule has 1 heterocycles. The maximum atomic E-state index is 13.6. The predicted octanol–water partition coefficient (Wildman–Crippen LogP) is 2.57. The van der Waals surface area contributed by atoms with Gasteiger partial charge in [-0.15, -0.1) is 0 Å². The van der Waals surface area contributed by atoms with Crippen LogP contribution in [-0.2, 0) is 7.05 Å². The number of aromatic nitrogens is 2. The van der Waals surface area contributed by atoms with E-state index in [0.717, 1.165) is 6.07 Å². The second-order valence-electron chi connectivity index (χ2n) is 3.91. The molecule has 1 aromatic heterocycles. The highest BCUT2D eigenvalue weighted by atomic mass is 19.1. The van der Waals surface area contributed by atoms with Crippen molar-refractivity contribution in [3.8, 4) is 11.8 Å². The van der Waals surface area contributed by atoms with Crippen molar-refractivity contribution in [1.82, 2.24) is 9.55 Å². The van der Waals surface area contributed by atoms with Crippen LogP contribution in [0.5, 0.6) is 5.75 Å². The van der Waals surface area contributed by atoms with Gasteiger partial charge in [0.05, 0.1) is 11.6 Å². The molecule has 1 aromatic carbocycles. The van der Waals surface area contributed by atoms with Gasteiger partial charge in [-0.1, -0.05) is 0 Å². The Kier molecular flexibility index (Phi) is 3.28. The van der Waals surface area contributed by atoms with Gasteiger partial charge in [0, 0.05) is 19.4 Å². The molecule has 1 unspecified atom stereocenters.